The summed E-state index contributed by atoms with van der Waals surface area (Å²) in [6.45, 7) is 1.18. The van der Waals surface area contributed by atoms with Gasteiger partial charge in [0.15, 0.2) is 6.23 Å². The van der Waals surface area contributed by atoms with Gasteiger partial charge in [-0.25, -0.2) is 0 Å². The molecule has 4 atom stereocenters. The van der Waals surface area contributed by atoms with Gasteiger partial charge >= 0.3 is 0 Å². The zero-order valence-corrected chi connectivity index (χ0v) is 10.6. The molecule has 1 fully saturated rings. The molecule has 8 nitrogen and oxygen atoms in total. The number of anilines is 1. The van der Waals surface area contributed by atoms with E-state index in [2.05, 4.69) is 10.3 Å². The van der Waals surface area contributed by atoms with Crippen LogP contribution in [0.4, 0.5) is 5.95 Å². The van der Waals surface area contributed by atoms with Gasteiger partial charge in [-0.1, -0.05) is 0 Å². The third kappa shape index (κ3) is 2.35. The van der Waals surface area contributed by atoms with Crippen molar-refractivity contribution < 1.29 is 20.1 Å². The summed E-state index contributed by atoms with van der Waals surface area (Å²) < 4.78 is 6.82. The van der Waals surface area contributed by atoms with Gasteiger partial charge in [0.1, 0.15) is 18.3 Å². The minimum Gasteiger partial charge on any atom is -0.394 e. The molecule has 2 heterocycles. The number of hydrogen-bond donors (Lipinski definition) is 4. The fourth-order valence-corrected chi connectivity index (χ4v) is 2.06. The van der Waals surface area contributed by atoms with Crippen molar-refractivity contribution in [3.05, 3.63) is 22.1 Å². The Bertz CT molecular complexity index is 518. The maximum Gasteiger partial charge on any atom is 0.277 e. The second-order valence-electron chi connectivity index (χ2n) is 4.44. The molecule has 1 aromatic heterocycles. The van der Waals surface area contributed by atoms with E-state index in [4.69, 9.17) is 9.84 Å². The number of aryl methyl sites for hydroxylation is 1. The molecule has 0 saturated carbocycles. The summed E-state index contributed by atoms with van der Waals surface area (Å²) in [4.78, 5) is 15.3. The minimum atomic E-state index is -1.21. The number of aromatic nitrogens is 2. The monoisotopic (exact) mass is 271 g/mol. The second kappa shape index (κ2) is 5.25. The lowest BCUT2D eigenvalue weighted by Gasteiger charge is -2.21. The Labute approximate surface area is 109 Å². The van der Waals surface area contributed by atoms with Crippen molar-refractivity contribution in [2.24, 2.45) is 0 Å². The molecule has 1 saturated heterocycles. The Morgan fingerprint density at radius 2 is 2.16 bits per heavy atom. The van der Waals surface area contributed by atoms with Crippen LogP contribution < -0.4 is 10.9 Å². The summed E-state index contributed by atoms with van der Waals surface area (Å²) in [6, 6.07) is 0. The SMILES string of the molecule is CNc1nc(=O)c(C)cn1[C@@H]1O[C@H](CO)[C@@H](O)[C@H]1O. The predicted molar refractivity (Wildman–Crippen MR) is 65.8 cm³/mol. The van der Waals surface area contributed by atoms with Crippen LogP contribution in [0.2, 0.25) is 0 Å². The van der Waals surface area contributed by atoms with E-state index in [1.54, 1.807) is 14.0 Å². The minimum absolute atomic E-state index is 0.213. The van der Waals surface area contributed by atoms with Crippen LogP contribution in [-0.2, 0) is 4.74 Å². The molecule has 1 aliphatic rings. The van der Waals surface area contributed by atoms with E-state index >= 15 is 0 Å². The summed E-state index contributed by atoms with van der Waals surface area (Å²) in [6.07, 6.45) is -2.71. The zero-order valence-electron chi connectivity index (χ0n) is 10.6. The highest BCUT2D eigenvalue weighted by molar-refractivity contribution is 5.27. The smallest absolute Gasteiger partial charge is 0.277 e. The van der Waals surface area contributed by atoms with E-state index in [0.29, 0.717) is 5.56 Å². The average Bonchev–Trinajstić information content (AvgIpc) is 2.69. The highest BCUT2D eigenvalue weighted by Gasteiger charge is 2.43. The largest absolute Gasteiger partial charge is 0.394 e. The molecule has 0 radical (unpaired) electrons. The summed E-state index contributed by atoms with van der Waals surface area (Å²) >= 11 is 0. The molecule has 0 bridgehead atoms. The van der Waals surface area contributed by atoms with Gasteiger partial charge < -0.3 is 25.4 Å². The van der Waals surface area contributed by atoms with Crippen LogP contribution in [0.5, 0.6) is 0 Å². The summed E-state index contributed by atoms with van der Waals surface area (Å²) in [7, 11) is 1.58. The van der Waals surface area contributed by atoms with E-state index in [-0.39, 0.29) is 11.5 Å². The molecular weight excluding hydrogens is 254 g/mol. The standard InChI is InChI=1S/C11H17N3O5/c1-5-3-14(11(12-2)13-9(5)18)10-8(17)7(16)6(4-15)19-10/h3,6-8,10,15-17H,4H2,1-2H3,(H,12,13,18)/t6-,7-,8-,10-/m1/s1. The molecule has 1 aromatic rings. The van der Waals surface area contributed by atoms with Crippen molar-refractivity contribution in [2.75, 3.05) is 19.0 Å². The van der Waals surface area contributed by atoms with Crippen molar-refractivity contribution in [1.82, 2.24) is 9.55 Å². The molecule has 0 spiro atoms. The van der Waals surface area contributed by atoms with Gasteiger partial charge in [0.05, 0.1) is 6.61 Å². The van der Waals surface area contributed by atoms with Crippen LogP contribution in [0.15, 0.2) is 11.0 Å². The molecule has 4 N–H and O–H groups in total. The van der Waals surface area contributed by atoms with Crippen LogP contribution in [0.25, 0.3) is 0 Å². The highest BCUT2D eigenvalue weighted by Crippen LogP contribution is 2.30. The van der Waals surface area contributed by atoms with Gasteiger partial charge in [0, 0.05) is 18.8 Å². The van der Waals surface area contributed by atoms with Crippen LogP contribution in [0.3, 0.4) is 0 Å². The predicted octanol–water partition coefficient (Wildman–Crippen LogP) is -1.80. The number of nitrogens with zero attached hydrogens (tertiary/aromatic N) is 2. The summed E-state index contributed by atoms with van der Waals surface area (Å²) in [5.41, 5.74) is 0.00378. The van der Waals surface area contributed by atoms with Gasteiger partial charge in [0.2, 0.25) is 5.95 Å². The molecule has 0 aromatic carbocycles. The van der Waals surface area contributed by atoms with Crippen molar-refractivity contribution in [3.8, 4) is 0 Å². The maximum absolute atomic E-state index is 11.5. The number of aliphatic hydroxyl groups excluding tert-OH is 3. The van der Waals surface area contributed by atoms with Gasteiger partial charge in [0.25, 0.3) is 5.56 Å². The first-order chi connectivity index (χ1) is 8.99. The average molecular weight is 271 g/mol. The Morgan fingerprint density at radius 3 is 2.68 bits per heavy atom. The zero-order chi connectivity index (χ0) is 14.2. The third-order valence-corrected chi connectivity index (χ3v) is 3.14. The van der Waals surface area contributed by atoms with E-state index in [0.717, 1.165) is 0 Å². The van der Waals surface area contributed by atoms with Crippen molar-refractivity contribution in [1.29, 1.82) is 0 Å². The number of hydrogen-bond acceptors (Lipinski definition) is 7. The first-order valence-electron chi connectivity index (χ1n) is 5.89. The summed E-state index contributed by atoms with van der Waals surface area (Å²) in [5, 5.41) is 31.5. The molecule has 0 amide bonds. The summed E-state index contributed by atoms with van der Waals surface area (Å²) in [5.74, 6) is 0.213. The van der Waals surface area contributed by atoms with Gasteiger partial charge in [-0.2, -0.15) is 4.98 Å². The normalized spacial score (nSPS) is 30.6. The maximum atomic E-state index is 11.5. The topological polar surface area (TPSA) is 117 Å². The lowest BCUT2D eigenvalue weighted by atomic mass is 10.1. The quantitative estimate of drug-likeness (QED) is 0.512. The lowest BCUT2D eigenvalue weighted by molar-refractivity contribution is -0.0524. The number of ether oxygens (including phenoxy) is 1. The van der Waals surface area contributed by atoms with Crippen molar-refractivity contribution in [3.63, 3.8) is 0 Å². The van der Waals surface area contributed by atoms with Crippen LogP contribution in [0.1, 0.15) is 11.8 Å². The third-order valence-electron chi connectivity index (χ3n) is 3.14. The number of nitrogens with one attached hydrogen (secondary N) is 1. The van der Waals surface area contributed by atoms with Gasteiger partial charge in [-0.3, -0.25) is 9.36 Å². The van der Waals surface area contributed by atoms with Crippen LogP contribution in [-0.4, -0.2) is 56.8 Å². The second-order valence-corrected chi connectivity index (χ2v) is 4.44. The molecule has 1 aliphatic heterocycles. The molecule has 106 valence electrons. The molecule has 0 unspecified atom stereocenters. The fraction of sp³-hybridized carbons (Fsp3) is 0.636. The van der Waals surface area contributed by atoms with E-state index in [1.165, 1.54) is 10.8 Å². The van der Waals surface area contributed by atoms with Crippen molar-refractivity contribution >= 4 is 5.95 Å². The fourth-order valence-electron chi connectivity index (χ4n) is 2.06. The molecular formula is C11H17N3O5. The van der Waals surface area contributed by atoms with Gasteiger partial charge in [-0.15, -0.1) is 0 Å². The van der Waals surface area contributed by atoms with E-state index in [9.17, 15) is 15.0 Å². The Kier molecular flexibility index (Phi) is 3.85. The first kappa shape index (κ1) is 13.9. The Hall–Kier alpha value is -1.48. The van der Waals surface area contributed by atoms with E-state index < -0.39 is 31.1 Å². The highest BCUT2D eigenvalue weighted by atomic mass is 16.6. The van der Waals surface area contributed by atoms with Crippen molar-refractivity contribution in [2.45, 2.75) is 31.5 Å². The Balaban J connectivity index is 2.42. The first-order valence-corrected chi connectivity index (χ1v) is 5.89. The molecule has 0 aliphatic carbocycles. The molecule has 8 heteroatoms. The lowest BCUT2D eigenvalue weighted by Crippen LogP contribution is -2.33. The van der Waals surface area contributed by atoms with Crippen LogP contribution in [0, 0.1) is 6.92 Å². The molecule has 19 heavy (non-hydrogen) atoms. The number of rotatable bonds is 3. The van der Waals surface area contributed by atoms with Gasteiger partial charge in [-0.05, 0) is 6.92 Å². The number of aliphatic hydroxyl groups is 3. The van der Waals surface area contributed by atoms with E-state index in [1.807, 2.05) is 0 Å². The van der Waals surface area contributed by atoms with Crippen LogP contribution >= 0.6 is 0 Å². The Morgan fingerprint density at radius 1 is 1.47 bits per heavy atom. The molecule has 2 rings (SSSR count).